The Bertz CT molecular complexity index is 937. The van der Waals surface area contributed by atoms with Gasteiger partial charge in [-0.2, -0.15) is 0 Å². The van der Waals surface area contributed by atoms with E-state index in [0.717, 1.165) is 12.8 Å². The first-order chi connectivity index (χ1) is 13.7. The fourth-order valence-corrected chi connectivity index (χ4v) is 4.09. The maximum absolute atomic E-state index is 14.3. The van der Waals surface area contributed by atoms with E-state index in [2.05, 4.69) is 25.8 Å². The minimum atomic E-state index is -0.366. The van der Waals surface area contributed by atoms with Crippen molar-refractivity contribution in [2.24, 2.45) is 0 Å². The molecule has 0 radical (unpaired) electrons. The Morgan fingerprint density at radius 3 is 2.93 bits per heavy atom. The van der Waals surface area contributed by atoms with Crippen molar-refractivity contribution in [2.45, 2.75) is 43.4 Å². The highest BCUT2D eigenvalue weighted by atomic mass is 32.2. The van der Waals surface area contributed by atoms with Gasteiger partial charge in [0.25, 0.3) is 0 Å². The van der Waals surface area contributed by atoms with Crippen LogP contribution in [0.2, 0.25) is 0 Å². The van der Waals surface area contributed by atoms with Crippen LogP contribution in [0.3, 0.4) is 0 Å². The van der Waals surface area contributed by atoms with Gasteiger partial charge in [0.05, 0.1) is 23.8 Å². The van der Waals surface area contributed by atoms with Gasteiger partial charge in [-0.25, -0.2) is 14.1 Å². The molecule has 1 N–H and O–H groups in total. The van der Waals surface area contributed by atoms with Crippen molar-refractivity contribution in [3.05, 3.63) is 48.3 Å². The molecule has 0 bridgehead atoms. The summed E-state index contributed by atoms with van der Waals surface area (Å²) >= 11 is 1.32. The Kier molecular flexibility index (Phi) is 5.65. The van der Waals surface area contributed by atoms with Crippen molar-refractivity contribution in [3.63, 3.8) is 0 Å². The number of aromatic nitrogens is 6. The molecule has 2 heterocycles. The molecule has 0 spiro atoms. The molecule has 1 aliphatic rings. The molecule has 1 aliphatic carbocycles. The van der Waals surface area contributed by atoms with Gasteiger partial charge in [0.2, 0.25) is 11.1 Å². The second kappa shape index (κ2) is 8.51. The van der Waals surface area contributed by atoms with Crippen molar-refractivity contribution >= 4 is 17.7 Å². The average molecular weight is 401 g/mol. The largest absolute Gasteiger partial charge is 0.351 e. The van der Waals surface area contributed by atoms with Crippen LogP contribution in [0, 0.1) is 5.82 Å². The number of nitrogens with zero attached hydrogens (tertiary/aromatic N) is 6. The topological polar surface area (TPSA) is 90.5 Å². The van der Waals surface area contributed by atoms with E-state index in [4.69, 9.17) is 0 Å². The summed E-state index contributed by atoms with van der Waals surface area (Å²) in [5.41, 5.74) is 1.11. The third-order valence-electron chi connectivity index (χ3n) is 4.75. The van der Waals surface area contributed by atoms with Gasteiger partial charge in [0.1, 0.15) is 5.82 Å². The number of amides is 1. The monoisotopic (exact) mass is 401 g/mol. The number of tetrazole rings is 1. The van der Waals surface area contributed by atoms with Gasteiger partial charge in [-0.1, -0.05) is 30.7 Å². The number of nitrogens with one attached hydrogen (secondary N) is 1. The first-order valence-corrected chi connectivity index (χ1v) is 10.1. The highest BCUT2D eigenvalue weighted by Crippen LogP contribution is 2.31. The summed E-state index contributed by atoms with van der Waals surface area (Å²) in [6.07, 6.45) is 9.33. The summed E-state index contributed by atoms with van der Waals surface area (Å²) in [5, 5.41) is 15.3. The van der Waals surface area contributed by atoms with E-state index in [9.17, 15) is 9.18 Å². The quantitative estimate of drug-likeness (QED) is 0.612. The highest BCUT2D eigenvalue weighted by Gasteiger charge is 2.22. The molecule has 28 heavy (non-hydrogen) atoms. The number of halogens is 1. The lowest BCUT2D eigenvalue weighted by molar-refractivity contribution is -0.118. The first kappa shape index (κ1) is 18.6. The number of hydrogen-bond acceptors (Lipinski definition) is 6. The minimum absolute atomic E-state index is 0.148. The van der Waals surface area contributed by atoms with Crippen molar-refractivity contribution in [1.82, 2.24) is 35.1 Å². The molecule has 0 aliphatic heterocycles. The summed E-state index contributed by atoms with van der Waals surface area (Å²) in [7, 11) is 0. The van der Waals surface area contributed by atoms with E-state index in [1.165, 1.54) is 37.0 Å². The zero-order valence-corrected chi connectivity index (χ0v) is 16.0. The van der Waals surface area contributed by atoms with Gasteiger partial charge < -0.3 is 9.88 Å². The van der Waals surface area contributed by atoms with Crippen molar-refractivity contribution in [1.29, 1.82) is 0 Å². The highest BCUT2D eigenvalue weighted by molar-refractivity contribution is 7.99. The van der Waals surface area contributed by atoms with Gasteiger partial charge in [0, 0.05) is 18.9 Å². The molecule has 3 aromatic rings. The van der Waals surface area contributed by atoms with E-state index in [0.29, 0.717) is 22.4 Å². The molecule has 146 valence electrons. The van der Waals surface area contributed by atoms with Crippen LogP contribution in [0.4, 0.5) is 4.39 Å². The average Bonchev–Trinajstić information content (AvgIpc) is 3.46. The molecule has 0 atom stereocenters. The predicted molar refractivity (Wildman–Crippen MR) is 101 cm³/mol. The normalized spacial score (nSPS) is 14.5. The van der Waals surface area contributed by atoms with Gasteiger partial charge in [-0.3, -0.25) is 4.79 Å². The van der Waals surface area contributed by atoms with Crippen LogP contribution >= 0.6 is 11.8 Å². The molecule has 1 aromatic carbocycles. The van der Waals surface area contributed by atoms with Crippen LogP contribution in [0.1, 0.15) is 37.3 Å². The molecular formula is C18H20FN7OS. The van der Waals surface area contributed by atoms with Crippen molar-refractivity contribution < 1.29 is 9.18 Å². The Morgan fingerprint density at radius 1 is 1.32 bits per heavy atom. The fraction of sp³-hybridized carbons (Fsp3) is 0.389. The van der Waals surface area contributed by atoms with Gasteiger partial charge in [-0.15, -0.1) is 5.10 Å². The van der Waals surface area contributed by atoms with E-state index >= 15 is 0 Å². The van der Waals surface area contributed by atoms with Crippen LogP contribution in [0.15, 0.2) is 42.1 Å². The summed E-state index contributed by atoms with van der Waals surface area (Å²) in [4.78, 5) is 16.1. The van der Waals surface area contributed by atoms with E-state index in [1.54, 1.807) is 29.1 Å². The van der Waals surface area contributed by atoms with Crippen molar-refractivity contribution in [3.8, 4) is 5.69 Å². The number of carbonyl (C=O) groups is 1. The molecule has 2 aromatic heterocycles. The molecular weight excluding hydrogens is 381 g/mol. The van der Waals surface area contributed by atoms with E-state index < -0.39 is 0 Å². The molecule has 10 heteroatoms. The van der Waals surface area contributed by atoms with Crippen LogP contribution in [-0.2, 0) is 11.3 Å². The lowest BCUT2D eigenvalue weighted by Gasteiger charge is -2.11. The third-order valence-corrected chi connectivity index (χ3v) is 5.68. The zero-order chi connectivity index (χ0) is 19.3. The van der Waals surface area contributed by atoms with Gasteiger partial charge >= 0.3 is 0 Å². The predicted octanol–water partition coefficient (Wildman–Crippen LogP) is 2.52. The fourth-order valence-electron chi connectivity index (χ4n) is 3.31. The number of carbonyl (C=O) groups excluding carboxylic acids is 1. The Hall–Kier alpha value is -2.75. The Balaban J connectivity index is 1.29. The summed E-state index contributed by atoms with van der Waals surface area (Å²) < 4.78 is 17.7. The summed E-state index contributed by atoms with van der Waals surface area (Å²) in [5.74, 6) is -0.303. The Labute approximate surface area is 165 Å². The van der Waals surface area contributed by atoms with E-state index in [-0.39, 0.29) is 24.0 Å². The molecule has 4 rings (SSSR count). The molecule has 0 unspecified atom stereocenters. The molecule has 0 saturated heterocycles. The molecule has 1 fully saturated rings. The van der Waals surface area contributed by atoms with Gasteiger partial charge in [-0.05, 0) is 41.0 Å². The zero-order valence-electron chi connectivity index (χ0n) is 15.2. The lowest BCUT2D eigenvalue weighted by atomic mass is 10.2. The second-order valence-electron chi connectivity index (χ2n) is 6.67. The smallest absolute Gasteiger partial charge is 0.230 e. The standard InChI is InChI=1S/C18H20FN7OS/c19-15-9-13(5-6-16(15)25-8-7-20-12-25)10-21-17(27)11-28-18-22-23-24-26(18)14-3-1-2-4-14/h5-9,12,14H,1-4,10-11H2,(H,21,27). The maximum Gasteiger partial charge on any atom is 0.230 e. The Morgan fingerprint density at radius 2 is 2.18 bits per heavy atom. The van der Waals surface area contributed by atoms with Crippen LogP contribution in [-0.4, -0.2) is 41.4 Å². The molecule has 8 nitrogen and oxygen atoms in total. The first-order valence-electron chi connectivity index (χ1n) is 9.15. The van der Waals surface area contributed by atoms with Crippen molar-refractivity contribution in [2.75, 3.05) is 5.75 Å². The number of benzene rings is 1. The van der Waals surface area contributed by atoms with Gasteiger partial charge in [0.15, 0.2) is 0 Å². The summed E-state index contributed by atoms with van der Waals surface area (Å²) in [6, 6.07) is 5.20. The number of imidazole rings is 1. The number of hydrogen-bond donors (Lipinski definition) is 1. The third kappa shape index (κ3) is 4.22. The number of thioether (sulfide) groups is 1. The van der Waals surface area contributed by atoms with Crippen LogP contribution < -0.4 is 5.32 Å². The molecule has 1 amide bonds. The lowest BCUT2D eigenvalue weighted by Crippen LogP contribution is -2.25. The minimum Gasteiger partial charge on any atom is -0.351 e. The number of rotatable bonds is 7. The molecule has 1 saturated carbocycles. The van der Waals surface area contributed by atoms with E-state index in [1.807, 2.05) is 4.68 Å². The second-order valence-corrected chi connectivity index (χ2v) is 7.61. The van der Waals surface area contributed by atoms with Crippen LogP contribution in [0.25, 0.3) is 5.69 Å². The maximum atomic E-state index is 14.3. The SMILES string of the molecule is O=C(CSc1nnnn1C1CCCC1)NCc1ccc(-n2ccnc2)c(F)c1. The summed E-state index contributed by atoms with van der Waals surface area (Å²) in [6.45, 7) is 0.258. The van der Waals surface area contributed by atoms with Crippen LogP contribution in [0.5, 0.6) is 0 Å².